The third-order valence-electron chi connectivity index (χ3n) is 4.18. The number of nitrogens with zero attached hydrogens (tertiary/aromatic N) is 4. The zero-order chi connectivity index (χ0) is 19.0. The molecule has 1 aromatic carbocycles. The van der Waals surface area contributed by atoms with Crippen LogP contribution >= 0.6 is 0 Å². The molecule has 0 aliphatic carbocycles. The number of nitrogen functional groups attached to an aromatic ring is 1. The SMILES string of the molecule is COC(=O)c1ccc(Cn2cnc3c(-c4ccc(C)o4)nc(N)nc32)cc1. The van der Waals surface area contributed by atoms with Gasteiger partial charge in [-0.1, -0.05) is 12.1 Å². The Hall–Kier alpha value is -3.68. The molecule has 0 aliphatic heterocycles. The van der Waals surface area contributed by atoms with Gasteiger partial charge in [-0.15, -0.1) is 0 Å². The molecule has 0 atom stereocenters. The largest absolute Gasteiger partial charge is 0.465 e. The number of hydrogen-bond donors (Lipinski definition) is 1. The number of ether oxygens (including phenoxy) is 1. The molecule has 136 valence electrons. The first kappa shape index (κ1) is 16.8. The van der Waals surface area contributed by atoms with Crippen molar-refractivity contribution in [2.24, 2.45) is 0 Å². The van der Waals surface area contributed by atoms with E-state index < -0.39 is 0 Å². The fourth-order valence-electron chi connectivity index (χ4n) is 2.87. The van der Waals surface area contributed by atoms with Crippen LogP contribution in [-0.2, 0) is 11.3 Å². The number of imidazole rings is 1. The maximum atomic E-state index is 11.6. The Morgan fingerprint density at radius 3 is 2.63 bits per heavy atom. The van der Waals surface area contributed by atoms with Crippen molar-refractivity contribution in [3.63, 3.8) is 0 Å². The normalized spacial score (nSPS) is 11.0. The molecule has 3 heterocycles. The fraction of sp³-hybridized carbons (Fsp3) is 0.158. The molecule has 0 bridgehead atoms. The summed E-state index contributed by atoms with van der Waals surface area (Å²) >= 11 is 0. The quantitative estimate of drug-likeness (QED) is 0.555. The summed E-state index contributed by atoms with van der Waals surface area (Å²) in [4.78, 5) is 24.6. The lowest BCUT2D eigenvalue weighted by atomic mass is 10.1. The average molecular weight is 363 g/mol. The lowest BCUT2D eigenvalue weighted by Gasteiger charge is -2.06. The molecule has 4 rings (SSSR count). The molecule has 0 saturated heterocycles. The molecule has 0 spiro atoms. The Morgan fingerprint density at radius 1 is 1.19 bits per heavy atom. The maximum Gasteiger partial charge on any atom is 0.337 e. The number of carbonyl (C=O) groups excluding carboxylic acids is 1. The number of furan rings is 1. The summed E-state index contributed by atoms with van der Waals surface area (Å²) in [5, 5.41) is 0. The van der Waals surface area contributed by atoms with Gasteiger partial charge in [-0.25, -0.2) is 14.8 Å². The number of nitrogens with two attached hydrogens (primary N) is 1. The van der Waals surface area contributed by atoms with Crippen LogP contribution in [0, 0.1) is 6.92 Å². The highest BCUT2D eigenvalue weighted by Gasteiger charge is 2.16. The second-order valence-corrected chi connectivity index (χ2v) is 6.07. The summed E-state index contributed by atoms with van der Waals surface area (Å²) in [7, 11) is 1.36. The molecular formula is C19H17N5O3. The highest BCUT2D eigenvalue weighted by atomic mass is 16.5. The van der Waals surface area contributed by atoms with Gasteiger partial charge in [-0.05, 0) is 36.8 Å². The Bertz CT molecular complexity index is 1130. The van der Waals surface area contributed by atoms with Crippen LogP contribution in [0.1, 0.15) is 21.7 Å². The molecule has 0 aliphatic rings. The number of anilines is 1. The van der Waals surface area contributed by atoms with Gasteiger partial charge in [0.15, 0.2) is 11.4 Å². The summed E-state index contributed by atoms with van der Waals surface area (Å²) in [6.07, 6.45) is 1.69. The van der Waals surface area contributed by atoms with E-state index in [2.05, 4.69) is 15.0 Å². The molecule has 8 heteroatoms. The van der Waals surface area contributed by atoms with Gasteiger partial charge in [-0.2, -0.15) is 4.98 Å². The Balaban J connectivity index is 1.71. The molecule has 8 nitrogen and oxygen atoms in total. The number of esters is 1. The van der Waals surface area contributed by atoms with E-state index in [4.69, 9.17) is 14.9 Å². The van der Waals surface area contributed by atoms with Crippen LogP contribution in [0.2, 0.25) is 0 Å². The van der Waals surface area contributed by atoms with E-state index in [1.165, 1.54) is 7.11 Å². The van der Waals surface area contributed by atoms with Crippen LogP contribution in [-0.4, -0.2) is 32.6 Å². The molecule has 0 unspecified atom stereocenters. The number of benzene rings is 1. The second-order valence-electron chi connectivity index (χ2n) is 6.07. The van der Waals surface area contributed by atoms with E-state index in [9.17, 15) is 4.79 Å². The predicted molar refractivity (Wildman–Crippen MR) is 99.1 cm³/mol. The van der Waals surface area contributed by atoms with Gasteiger partial charge in [0, 0.05) is 0 Å². The minimum absolute atomic E-state index is 0.148. The Kier molecular flexibility index (Phi) is 4.08. The summed E-state index contributed by atoms with van der Waals surface area (Å²) in [6.45, 7) is 2.38. The van der Waals surface area contributed by atoms with Crippen molar-refractivity contribution in [3.8, 4) is 11.5 Å². The van der Waals surface area contributed by atoms with Crippen LogP contribution in [0.25, 0.3) is 22.6 Å². The molecule has 3 aromatic heterocycles. The Labute approximate surface area is 154 Å². The Morgan fingerprint density at radius 2 is 1.96 bits per heavy atom. The lowest BCUT2D eigenvalue weighted by Crippen LogP contribution is -2.04. The van der Waals surface area contributed by atoms with Crippen LogP contribution in [0.5, 0.6) is 0 Å². The minimum Gasteiger partial charge on any atom is -0.465 e. The third kappa shape index (κ3) is 3.12. The van der Waals surface area contributed by atoms with Crippen molar-refractivity contribution in [1.82, 2.24) is 19.5 Å². The first-order valence-corrected chi connectivity index (χ1v) is 8.27. The highest BCUT2D eigenvalue weighted by molar-refractivity contribution is 5.89. The van der Waals surface area contributed by atoms with Crippen molar-refractivity contribution in [1.29, 1.82) is 0 Å². The van der Waals surface area contributed by atoms with E-state index in [0.29, 0.717) is 34.7 Å². The molecule has 0 saturated carbocycles. The first-order chi connectivity index (χ1) is 13.0. The smallest absolute Gasteiger partial charge is 0.337 e. The lowest BCUT2D eigenvalue weighted by molar-refractivity contribution is 0.0600. The highest BCUT2D eigenvalue weighted by Crippen LogP contribution is 2.27. The summed E-state index contributed by atoms with van der Waals surface area (Å²) in [5.41, 5.74) is 9.17. The van der Waals surface area contributed by atoms with Crippen molar-refractivity contribution in [2.45, 2.75) is 13.5 Å². The molecule has 0 amide bonds. The van der Waals surface area contributed by atoms with Gasteiger partial charge < -0.3 is 19.5 Å². The number of aromatic nitrogens is 4. The van der Waals surface area contributed by atoms with Crippen LogP contribution in [0.3, 0.4) is 0 Å². The van der Waals surface area contributed by atoms with Gasteiger partial charge in [-0.3, -0.25) is 0 Å². The van der Waals surface area contributed by atoms with Gasteiger partial charge in [0.2, 0.25) is 5.95 Å². The monoisotopic (exact) mass is 363 g/mol. The molecular weight excluding hydrogens is 346 g/mol. The van der Waals surface area contributed by atoms with Crippen molar-refractivity contribution in [3.05, 3.63) is 59.6 Å². The van der Waals surface area contributed by atoms with Gasteiger partial charge in [0.25, 0.3) is 0 Å². The van der Waals surface area contributed by atoms with Crippen LogP contribution in [0.4, 0.5) is 5.95 Å². The van der Waals surface area contributed by atoms with Crippen LogP contribution in [0.15, 0.2) is 47.1 Å². The molecule has 0 fully saturated rings. The number of carbonyl (C=O) groups is 1. The zero-order valence-corrected chi connectivity index (χ0v) is 14.8. The zero-order valence-electron chi connectivity index (χ0n) is 14.8. The second kappa shape index (κ2) is 6.56. The topological polar surface area (TPSA) is 109 Å². The number of hydrogen-bond acceptors (Lipinski definition) is 7. The van der Waals surface area contributed by atoms with Gasteiger partial charge in [0.05, 0.1) is 25.5 Å². The molecule has 2 N–H and O–H groups in total. The molecule has 4 aromatic rings. The minimum atomic E-state index is -0.367. The summed E-state index contributed by atoms with van der Waals surface area (Å²) in [5.74, 6) is 1.16. The standard InChI is InChI=1S/C19H17N5O3/c1-11-3-8-14(27-11)15-16-17(23-19(20)22-15)24(10-21-16)9-12-4-6-13(7-5-12)18(25)26-2/h3-8,10H,9H2,1-2H3,(H2,20,22,23). The molecule has 27 heavy (non-hydrogen) atoms. The number of fused-ring (bicyclic) bond motifs is 1. The third-order valence-corrected chi connectivity index (χ3v) is 4.18. The van der Waals surface area contributed by atoms with E-state index in [-0.39, 0.29) is 11.9 Å². The number of methoxy groups -OCH3 is 1. The van der Waals surface area contributed by atoms with E-state index in [1.807, 2.05) is 35.8 Å². The number of rotatable bonds is 4. The average Bonchev–Trinajstić information content (AvgIpc) is 3.28. The number of aryl methyl sites for hydroxylation is 1. The van der Waals surface area contributed by atoms with Crippen LogP contribution < -0.4 is 5.73 Å². The van der Waals surface area contributed by atoms with Gasteiger partial charge in [0.1, 0.15) is 17.0 Å². The van der Waals surface area contributed by atoms with E-state index in [1.54, 1.807) is 18.5 Å². The van der Waals surface area contributed by atoms with E-state index >= 15 is 0 Å². The van der Waals surface area contributed by atoms with Crippen molar-refractivity contribution >= 4 is 23.1 Å². The predicted octanol–water partition coefficient (Wildman–Crippen LogP) is 2.81. The maximum absolute atomic E-state index is 11.6. The van der Waals surface area contributed by atoms with E-state index in [0.717, 1.165) is 11.3 Å². The van der Waals surface area contributed by atoms with Crippen molar-refractivity contribution in [2.75, 3.05) is 12.8 Å². The molecule has 0 radical (unpaired) electrons. The first-order valence-electron chi connectivity index (χ1n) is 8.27. The van der Waals surface area contributed by atoms with Gasteiger partial charge >= 0.3 is 5.97 Å². The summed E-state index contributed by atoms with van der Waals surface area (Å²) in [6, 6.07) is 10.9. The summed E-state index contributed by atoms with van der Waals surface area (Å²) < 4.78 is 12.3. The van der Waals surface area contributed by atoms with Crippen molar-refractivity contribution < 1.29 is 13.9 Å². The fourth-order valence-corrected chi connectivity index (χ4v) is 2.87.